The molecule has 0 aromatic rings. The number of amides is 1. The maximum atomic E-state index is 12.8. The van der Waals surface area contributed by atoms with Crippen LogP contribution in [0.3, 0.4) is 0 Å². The highest BCUT2D eigenvalue weighted by atomic mass is 16.5. The van der Waals surface area contributed by atoms with Crippen LogP contribution in [0.4, 0.5) is 0 Å². The zero-order valence-electron chi connectivity index (χ0n) is 39.0. The summed E-state index contributed by atoms with van der Waals surface area (Å²) in [4.78, 5) is 36.4. The van der Waals surface area contributed by atoms with Gasteiger partial charge in [-0.25, -0.2) is 4.79 Å². The van der Waals surface area contributed by atoms with Gasteiger partial charge >= 0.3 is 11.9 Å². The van der Waals surface area contributed by atoms with E-state index in [1.807, 2.05) is 0 Å². The minimum Gasteiger partial charge on any atom is -0.480 e. The molecule has 0 fully saturated rings. The maximum Gasteiger partial charge on any atom is 0.326 e. The lowest BCUT2D eigenvalue weighted by molar-refractivity contribution is -0.147. The van der Waals surface area contributed by atoms with Gasteiger partial charge in [0, 0.05) is 12.8 Å². The molecule has 0 heterocycles. The number of aliphatic carboxylic acids is 1. The zero-order chi connectivity index (χ0) is 43.8. The normalized spacial score (nSPS) is 13.1. The summed E-state index contributed by atoms with van der Waals surface area (Å²) in [6.07, 6.45) is 60.1. The van der Waals surface area contributed by atoms with Crippen LogP contribution in [0.5, 0.6) is 0 Å². The molecule has 346 valence electrons. The van der Waals surface area contributed by atoms with Gasteiger partial charge in [0.2, 0.25) is 5.91 Å². The quantitative estimate of drug-likeness (QED) is 0.0319. The smallest absolute Gasteiger partial charge is 0.326 e. The number of carbonyl (C=O) groups excluding carboxylic acids is 2. The molecule has 0 aliphatic carbocycles. The van der Waals surface area contributed by atoms with Gasteiger partial charge in [-0.1, -0.05) is 184 Å². The van der Waals surface area contributed by atoms with Gasteiger partial charge < -0.3 is 20.9 Å². The minimum atomic E-state index is -1.01. The van der Waals surface area contributed by atoms with Gasteiger partial charge in [-0.2, -0.15) is 0 Å². The summed E-state index contributed by atoms with van der Waals surface area (Å²) < 4.78 is 5.96. The molecule has 0 aliphatic rings. The number of nitrogens with one attached hydrogen (secondary N) is 1. The van der Waals surface area contributed by atoms with E-state index in [1.165, 1.54) is 122 Å². The molecule has 0 spiro atoms. The molecular weight excluding hydrogens is 745 g/mol. The maximum absolute atomic E-state index is 12.8. The van der Waals surface area contributed by atoms with E-state index in [0.29, 0.717) is 32.2 Å². The second-order valence-electron chi connectivity index (χ2n) is 16.9. The highest BCUT2D eigenvalue weighted by Gasteiger charge is 2.19. The van der Waals surface area contributed by atoms with E-state index in [9.17, 15) is 19.5 Å². The topological polar surface area (TPSA) is 119 Å². The lowest BCUT2D eigenvalue weighted by Crippen LogP contribution is -2.40. The number of rotatable bonds is 45. The number of esters is 1. The number of hydrogen-bond donors (Lipinski definition) is 3. The SMILES string of the molecule is CCCCC/C=C\C/C=C\C/C=C\C(CCCCCCCC(=O)NC(CCCN)C(=O)O)OC(=O)CCCCCCCCCCCCC/C=C\C/C=C\CCCCCCC. The van der Waals surface area contributed by atoms with Gasteiger partial charge in [-0.3, -0.25) is 9.59 Å². The number of carboxylic acid groups (broad SMARTS) is 1. The monoisotopic (exact) mass is 839 g/mol. The molecule has 4 N–H and O–H groups in total. The fourth-order valence-electron chi connectivity index (χ4n) is 7.23. The number of ether oxygens (including phenoxy) is 1. The van der Waals surface area contributed by atoms with E-state index >= 15 is 0 Å². The highest BCUT2D eigenvalue weighted by Crippen LogP contribution is 2.16. The lowest BCUT2D eigenvalue weighted by Gasteiger charge is -2.15. The van der Waals surface area contributed by atoms with Crippen LogP contribution in [-0.2, 0) is 19.1 Å². The number of unbranched alkanes of at least 4 members (excludes halogenated alkanes) is 23. The summed E-state index contributed by atoms with van der Waals surface area (Å²) in [5, 5.41) is 11.9. The molecule has 2 unspecified atom stereocenters. The van der Waals surface area contributed by atoms with Crippen LogP contribution in [0.15, 0.2) is 60.8 Å². The Kier molecular flexibility index (Phi) is 44.8. The van der Waals surface area contributed by atoms with E-state index in [1.54, 1.807) is 0 Å². The molecular formula is C53H94N2O5. The number of nitrogens with two attached hydrogens (primary N) is 1. The molecule has 0 aliphatic heterocycles. The second-order valence-corrected chi connectivity index (χ2v) is 16.9. The highest BCUT2D eigenvalue weighted by molar-refractivity contribution is 5.83. The Hall–Kier alpha value is -2.93. The first-order valence-corrected chi connectivity index (χ1v) is 25.1. The lowest BCUT2D eigenvalue weighted by atomic mass is 10.0. The van der Waals surface area contributed by atoms with Crippen molar-refractivity contribution >= 4 is 17.8 Å². The van der Waals surface area contributed by atoms with Crippen molar-refractivity contribution in [1.29, 1.82) is 0 Å². The molecule has 0 bridgehead atoms. The first kappa shape index (κ1) is 57.1. The van der Waals surface area contributed by atoms with E-state index in [0.717, 1.165) is 77.0 Å². The first-order valence-electron chi connectivity index (χ1n) is 25.1. The average molecular weight is 839 g/mol. The molecule has 1 amide bonds. The fraction of sp³-hybridized carbons (Fsp3) is 0.755. The van der Waals surface area contributed by atoms with Crippen molar-refractivity contribution in [3.05, 3.63) is 60.8 Å². The fourth-order valence-corrected chi connectivity index (χ4v) is 7.23. The van der Waals surface area contributed by atoms with Crippen molar-refractivity contribution < 1.29 is 24.2 Å². The molecule has 0 saturated heterocycles. The number of hydrogen-bond acceptors (Lipinski definition) is 5. The third-order valence-electron chi connectivity index (χ3n) is 11.0. The third-order valence-corrected chi connectivity index (χ3v) is 11.0. The Morgan fingerprint density at radius 3 is 1.43 bits per heavy atom. The molecule has 0 radical (unpaired) electrons. The molecule has 0 aromatic carbocycles. The summed E-state index contributed by atoms with van der Waals surface area (Å²) in [6.45, 7) is 4.90. The van der Waals surface area contributed by atoms with Crippen molar-refractivity contribution in [2.45, 2.75) is 251 Å². The minimum absolute atomic E-state index is 0.0960. The molecule has 7 heteroatoms. The van der Waals surface area contributed by atoms with Gasteiger partial charge in [0.05, 0.1) is 0 Å². The Bertz CT molecular complexity index is 1130. The Morgan fingerprint density at radius 1 is 0.500 bits per heavy atom. The number of carboxylic acids is 1. The van der Waals surface area contributed by atoms with Crippen LogP contribution in [0.25, 0.3) is 0 Å². The summed E-state index contributed by atoms with van der Waals surface area (Å²) in [7, 11) is 0. The van der Waals surface area contributed by atoms with Gasteiger partial charge in [0.15, 0.2) is 0 Å². The number of allylic oxidation sites excluding steroid dienone is 9. The first-order chi connectivity index (χ1) is 29.4. The van der Waals surface area contributed by atoms with Crippen LogP contribution in [0.1, 0.15) is 239 Å². The summed E-state index contributed by atoms with van der Waals surface area (Å²) >= 11 is 0. The van der Waals surface area contributed by atoms with Gasteiger partial charge in [0.25, 0.3) is 0 Å². The van der Waals surface area contributed by atoms with E-state index in [2.05, 4.69) is 79.9 Å². The molecule has 0 saturated carbocycles. The van der Waals surface area contributed by atoms with Gasteiger partial charge in [-0.05, 0) is 109 Å². The molecule has 7 nitrogen and oxygen atoms in total. The van der Waals surface area contributed by atoms with Crippen LogP contribution in [0, 0.1) is 0 Å². The largest absolute Gasteiger partial charge is 0.480 e. The zero-order valence-corrected chi connectivity index (χ0v) is 39.0. The molecule has 0 aromatic heterocycles. The molecule has 60 heavy (non-hydrogen) atoms. The predicted octanol–water partition coefficient (Wildman–Crippen LogP) is 14.9. The van der Waals surface area contributed by atoms with Crippen molar-refractivity contribution in [2.24, 2.45) is 5.73 Å². The van der Waals surface area contributed by atoms with Crippen molar-refractivity contribution in [2.75, 3.05) is 6.54 Å². The van der Waals surface area contributed by atoms with Crippen molar-refractivity contribution in [3.8, 4) is 0 Å². The van der Waals surface area contributed by atoms with Crippen LogP contribution < -0.4 is 11.1 Å². The Balaban J connectivity index is 4.25. The van der Waals surface area contributed by atoms with Gasteiger partial charge in [-0.15, -0.1) is 0 Å². The van der Waals surface area contributed by atoms with Crippen LogP contribution in [0.2, 0.25) is 0 Å². The van der Waals surface area contributed by atoms with Crippen molar-refractivity contribution in [1.82, 2.24) is 5.32 Å². The summed E-state index contributed by atoms with van der Waals surface area (Å²) in [5.74, 6) is -1.33. The predicted molar refractivity (Wildman–Crippen MR) is 257 cm³/mol. The molecule has 2 atom stereocenters. The Morgan fingerprint density at radius 2 is 0.917 bits per heavy atom. The second kappa shape index (κ2) is 47.1. The standard InChI is InChI=1S/C53H94N2O5/c1-3-5-7-9-11-13-15-16-17-18-19-20-21-22-23-24-25-26-28-30-32-37-41-47-52(57)60-49(43-38-34-31-29-27-14-12-10-8-6-4-2)44-39-35-33-36-40-46-51(56)55-50(53(58)59)45-42-48-54/h12,14-16,18-19,29,31,38,43,49-50H,3-11,13,17,20-28,30,32-37,39-42,44-48,54H2,1-2H3,(H,55,56)(H,58,59)/b14-12-,16-15-,19-18-,31-29-,43-38-. The van der Waals surface area contributed by atoms with E-state index < -0.39 is 12.0 Å². The van der Waals surface area contributed by atoms with Crippen LogP contribution >= 0.6 is 0 Å². The Labute approximate surface area is 370 Å². The average Bonchev–Trinajstić information content (AvgIpc) is 3.23. The number of carbonyl (C=O) groups is 3. The van der Waals surface area contributed by atoms with Gasteiger partial charge in [0.1, 0.15) is 12.1 Å². The van der Waals surface area contributed by atoms with Crippen LogP contribution in [-0.4, -0.2) is 41.6 Å². The summed E-state index contributed by atoms with van der Waals surface area (Å²) in [6, 6.07) is -0.869. The third kappa shape index (κ3) is 43.2. The van der Waals surface area contributed by atoms with E-state index in [4.69, 9.17) is 10.5 Å². The van der Waals surface area contributed by atoms with Crippen molar-refractivity contribution in [3.63, 3.8) is 0 Å². The summed E-state index contributed by atoms with van der Waals surface area (Å²) in [5.41, 5.74) is 5.49. The van der Waals surface area contributed by atoms with E-state index in [-0.39, 0.29) is 18.0 Å². The molecule has 0 rings (SSSR count).